The number of ether oxygens (including phenoxy) is 1. The van der Waals surface area contributed by atoms with Gasteiger partial charge in [-0.1, -0.05) is 44.2 Å². The molecule has 0 aromatic heterocycles. The molecule has 0 N–H and O–H groups in total. The molecule has 0 radical (unpaired) electrons. The second kappa shape index (κ2) is 10.8. The van der Waals surface area contributed by atoms with E-state index in [1.807, 2.05) is 30.3 Å². The Balaban J connectivity index is 0.00000288. The van der Waals surface area contributed by atoms with E-state index in [4.69, 9.17) is 4.74 Å². The van der Waals surface area contributed by atoms with E-state index in [1.54, 1.807) is 18.2 Å². The van der Waals surface area contributed by atoms with Crippen molar-refractivity contribution in [1.82, 2.24) is 4.90 Å². The number of esters is 1. The normalized spacial score (nSPS) is 10.3. The molecular weight excluding hydrogens is 322 g/mol. The van der Waals surface area contributed by atoms with E-state index in [0.717, 1.165) is 32.5 Å². The van der Waals surface area contributed by atoms with Crippen molar-refractivity contribution in [2.75, 3.05) is 19.6 Å². The molecule has 3 nitrogen and oxygen atoms in total. The fourth-order valence-electron chi connectivity index (χ4n) is 2.55. The average molecular weight is 348 g/mol. The number of para-hydroxylation sites is 1. The van der Waals surface area contributed by atoms with E-state index in [1.165, 1.54) is 5.56 Å². The molecule has 0 aliphatic heterocycles. The Hall–Kier alpha value is -1.84. The van der Waals surface area contributed by atoms with Crippen molar-refractivity contribution in [2.24, 2.45) is 0 Å². The standard InChI is InChI=1S/C20H25NO2.ClH/c1-3-21(4-2)15-9-11-17-10-8-12-18(16-17)20(22)23-19-13-6-5-7-14-19;/h5-8,10,12-14,16H,3-4,9,11,15H2,1-2H3;1H. The van der Waals surface area contributed by atoms with E-state index < -0.39 is 0 Å². The molecule has 0 heterocycles. The highest BCUT2D eigenvalue weighted by Gasteiger charge is 2.09. The molecule has 0 amide bonds. The van der Waals surface area contributed by atoms with Crippen LogP contribution in [0.1, 0.15) is 36.2 Å². The van der Waals surface area contributed by atoms with Crippen molar-refractivity contribution in [3.8, 4) is 5.75 Å². The van der Waals surface area contributed by atoms with E-state index in [2.05, 4.69) is 24.8 Å². The van der Waals surface area contributed by atoms with Gasteiger partial charge < -0.3 is 9.64 Å². The smallest absolute Gasteiger partial charge is 0.343 e. The van der Waals surface area contributed by atoms with Crippen LogP contribution in [0.5, 0.6) is 5.75 Å². The number of carbonyl (C=O) groups is 1. The van der Waals surface area contributed by atoms with E-state index in [0.29, 0.717) is 11.3 Å². The fraction of sp³-hybridized carbons (Fsp3) is 0.350. The summed E-state index contributed by atoms with van der Waals surface area (Å²) in [5, 5.41) is 0. The molecule has 24 heavy (non-hydrogen) atoms. The highest BCUT2D eigenvalue weighted by molar-refractivity contribution is 5.91. The first kappa shape index (κ1) is 20.2. The lowest BCUT2D eigenvalue weighted by molar-refractivity contribution is 0.0734. The maximum absolute atomic E-state index is 12.2. The zero-order chi connectivity index (χ0) is 16.5. The number of carbonyl (C=O) groups excluding carboxylic acids is 1. The molecule has 130 valence electrons. The minimum atomic E-state index is -0.304. The molecule has 2 aromatic carbocycles. The van der Waals surface area contributed by atoms with Gasteiger partial charge in [-0.15, -0.1) is 12.4 Å². The van der Waals surface area contributed by atoms with Crippen LogP contribution in [0.3, 0.4) is 0 Å². The molecule has 0 spiro atoms. The van der Waals surface area contributed by atoms with Gasteiger partial charge >= 0.3 is 5.97 Å². The minimum absolute atomic E-state index is 0. The molecule has 0 saturated heterocycles. The van der Waals surface area contributed by atoms with Gasteiger partial charge in [0.2, 0.25) is 0 Å². The van der Waals surface area contributed by atoms with Crippen molar-refractivity contribution >= 4 is 18.4 Å². The highest BCUT2D eigenvalue weighted by atomic mass is 35.5. The molecule has 2 aromatic rings. The van der Waals surface area contributed by atoms with Crippen molar-refractivity contribution in [1.29, 1.82) is 0 Å². The van der Waals surface area contributed by atoms with Crippen LogP contribution >= 0.6 is 12.4 Å². The van der Waals surface area contributed by atoms with Crippen LogP contribution in [-0.4, -0.2) is 30.5 Å². The van der Waals surface area contributed by atoms with Gasteiger partial charge in [-0.2, -0.15) is 0 Å². The molecule has 0 atom stereocenters. The molecule has 0 fully saturated rings. The van der Waals surface area contributed by atoms with Crippen LogP contribution < -0.4 is 4.74 Å². The van der Waals surface area contributed by atoms with Gasteiger partial charge in [0.15, 0.2) is 0 Å². The van der Waals surface area contributed by atoms with Gasteiger partial charge in [-0.25, -0.2) is 4.79 Å². The number of halogens is 1. The molecule has 0 saturated carbocycles. The minimum Gasteiger partial charge on any atom is -0.423 e. The lowest BCUT2D eigenvalue weighted by atomic mass is 10.1. The zero-order valence-electron chi connectivity index (χ0n) is 14.4. The molecule has 0 aliphatic rings. The Morgan fingerprint density at radius 1 is 1.00 bits per heavy atom. The molecule has 0 unspecified atom stereocenters. The Morgan fingerprint density at radius 3 is 2.38 bits per heavy atom. The van der Waals surface area contributed by atoms with Crippen LogP contribution in [-0.2, 0) is 6.42 Å². The third-order valence-corrected chi connectivity index (χ3v) is 3.95. The molecule has 0 bridgehead atoms. The summed E-state index contributed by atoms with van der Waals surface area (Å²) in [5.41, 5.74) is 1.79. The van der Waals surface area contributed by atoms with Crippen molar-refractivity contribution in [3.05, 3.63) is 65.7 Å². The summed E-state index contributed by atoms with van der Waals surface area (Å²) in [5.74, 6) is 0.270. The first-order valence-electron chi connectivity index (χ1n) is 8.31. The Kier molecular flexibility index (Phi) is 9.13. The quantitative estimate of drug-likeness (QED) is 0.516. The first-order chi connectivity index (χ1) is 11.2. The van der Waals surface area contributed by atoms with E-state index in [-0.39, 0.29) is 18.4 Å². The van der Waals surface area contributed by atoms with Gasteiger partial charge in [-0.3, -0.25) is 0 Å². The predicted molar refractivity (Wildman–Crippen MR) is 101 cm³/mol. The van der Waals surface area contributed by atoms with Crippen LogP contribution in [0.4, 0.5) is 0 Å². The maximum atomic E-state index is 12.2. The molecule has 4 heteroatoms. The fourth-order valence-corrected chi connectivity index (χ4v) is 2.55. The number of rotatable bonds is 8. The van der Waals surface area contributed by atoms with E-state index >= 15 is 0 Å². The van der Waals surface area contributed by atoms with Gasteiger partial charge in [-0.05, 0) is 62.3 Å². The van der Waals surface area contributed by atoms with E-state index in [9.17, 15) is 4.79 Å². The van der Waals surface area contributed by atoms with Crippen LogP contribution in [0.25, 0.3) is 0 Å². The van der Waals surface area contributed by atoms with Crippen LogP contribution in [0.2, 0.25) is 0 Å². The predicted octanol–water partition coefficient (Wildman–Crippen LogP) is 4.60. The summed E-state index contributed by atoms with van der Waals surface area (Å²) < 4.78 is 5.39. The summed E-state index contributed by atoms with van der Waals surface area (Å²) in [7, 11) is 0. The van der Waals surface area contributed by atoms with Gasteiger partial charge in [0.05, 0.1) is 5.56 Å². The number of aryl methyl sites for hydroxylation is 1. The number of hydrogen-bond donors (Lipinski definition) is 0. The second-order valence-electron chi connectivity index (χ2n) is 5.53. The SMILES string of the molecule is CCN(CC)CCCc1cccc(C(=O)Oc2ccccc2)c1.Cl. The number of benzene rings is 2. The lowest BCUT2D eigenvalue weighted by Crippen LogP contribution is -2.24. The maximum Gasteiger partial charge on any atom is 0.343 e. The highest BCUT2D eigenvalue weighted by Crippen LogP contribution is 2.14. The largest absolute Gasteiger partial charge is 0.423 e. The van der Waals surface area contributed by atoms with Gasteiger partial charge in [0.1, 0.15) is 5.75 Å². The first-order valence-corrected chi connectivity index (χ1v) is 8.31. The van der Waals surface area contributed by atoms with Gasteiger partial charge in [0, 0.05) is 0 Å². The van der Waals surface area contributed by atoms with Crippen LogP contribution in [0, 0.1) is 0 Å². The second-order valence-corrected chi connectivity index (χ2v) is 5.53. The van der Waals surface area contributed by atoms with Crippen molar-refractivity contribution < 1.29 is 9.53 Å². The summed E-state index contributed by atoms with van der Waals surface area (Å²) in [4.78, 5) is 14.6. The Morgan fingerprint density at radius 2 is 1.71 bits per heavy atom. The van der Waals surface area contributed by atoms with Crippen molar-refractivity contribution in [3.63, 3.8) is 0 Å². The third-order valence-electron chi connectivity index (χ3n) is 3.95. The summed E-state index contributed by atoms with van der Waals surface area (Å²) in [6.45, 7) is 7.62. The average Bonchev–Trinajstić information content (AvgIpc) is 2.60. The Labute approximate surface area is 151 Å². The molecule has 2 rings (SSSR count). The zero-order valence-corrected chi connectivity index (χ0v) is 15.2. The summed E-state index contributed by atoms with van der Waals surface area (Å²) in [6, 6.07) is 16.9. The number of nitrogens with zero attached hydrogens (tertiary/aromatic N) is 1. The van der Waals surface area contributed by atoms with Crippen LogP contribution in [0.15, 0.2) is 54.6 Å². The van der Waals surface area contributed by atoms with Crippen molar-refractivity contribution in [2.45, 2.75) is 26.7 Å². The molecule has 0 aliphatic carbocycles. The Bertz CT molecular complexity index is 612. The molecular formula is C20H26ClNO2. The summed E-state index contributed by atoms with van der Waals surface area (Å²) >= 11 is 0. The summed E-state index contributed by atoms with van der Waals surface area (Å²) in [6.07, 6.45) is 2.07. The topological polar surface area (TPSA) is 29.5 Å². The third kappa shape index (κ3) is 6.34. The lowest BCUT2D eigenvalue weighted by Gasteiger charge is -2.17. The van der Waals surface area contributed by atoms with Gasteiger partial charge in [0.25, 0.3) is 0 Å². The monoisotopic (exact) mass is 347 g/mol. The number of hydrogen-bond acceptors (Lipinski definition) is 3.